The van der Waals surface area contributed by atoms with E-state index in [2.05, 4.69) is 12.2 Å². The maximum Gasteiger partial charge on any atom is 0.326 e. The van der Waals surface area contributed by atoms with E-state index in [4.69, 9.17) is 4.74 Å². The molecule has 0 saturated carbocycles. The van der Waals surface area contributed by atoms with Crippen molar-refractivity contribution in [2.45, 2.75) is 77.2 Å². The first-order valence-electron chi connectivity index (χ1n) is 10.3. The fourth-order valence-electron chi connectivity index (χ4n) is 2.94. The van der Waals surface area contributed by atoms with Crippen molar-refractivity contribution in [1.82, 2.24) is 5.32 Å². The molecule has 1 amide bonds. The number of carboxylic acids is 1. The highest BCUT2D eigenvalue weighted by atomic mass is 16.5. The summed E-state index contributed by atoms with van der Waals surface area (Å²) >= 11 is 0. The second kappa shape index (κ2) is 15.2. The molecule has 0 aromatic heterocycles. The Hall–Kier alpha value is -1.88. The molecule has 2 N–H and O–H groups in total. The van der Waals surface area contributed by atoms with Crippen LogP contribution in [0.4, 0.5) is 0 Å². The third-order valence-corrected chi connectivity index (χ3v) is 4.46. The highest BCUT2D eigenvalue weighted by Crippen LogP contribution is 2.09. The second-order valence-corrected chi connectivity index (χ2v) is 6.99. The smallest absolute Gasteiger partial charge is 0.326 e. The number of carbonyl (C=O) groups excluding carboxylic acids is 1. The summed E-state index contributed by atoms with van der Waals surface area (Å²) in [5.41, 5.74) is 0.908. The van der Waals surface area contributed by atoms with Gasteiger partial charge in [-0.3, -0.25) is 4.79 Å². The zero-order valence-electron chi connectivity index (χ0n) is 16.6. The van der Waals surface area contributed by atoms with Crippen LogP contribution in [0.25, 0.3) is 0 Å². The fourth-order valence-corrected chi connectivity index (χ4v) is 2.94. The Labute approximate surface area is 163 Å². The van der Waals surface area contributed by atoms with Gasteiger partial charge in [0.05, 0.1) is 0 Å². The van der Waals surface area contributed by atoms with Crippen molar-refractivity contribution in [1.29, 1.82) is 0 Å². The Morgan fingerprint density at radius 2 is 1.59 bits per heavy atom. The molecule has 0 aliphatic carbocycles. The zero-order chi connectivity index (χ0) is 19.7. The summed E-state index contributed by atoms with van der Waals surface area (Å²) in [6.07, 6.45) is 9.43. The average Bonchev–Trinajstić information content (AvgIpc) is 2.66. The van der Waals surface area contributed by atoms with Gasteiger partial charge in [-0.25, -0.2) is 4.79 Å². The van der Waals surface area contributed by atoms with Gasteiger partial charge in [0.1, 0.15) is 6.04 Å². The highest BCUT2D eigenvalue weighted by molar-refractivity contribution is 5.83. The van der Waals surface area contributed by atoms with E-state index in [1.807, 2.05) is 30.3 Å². The molecule has 0 bridgehead atoms. The van der Waals surface area contributed by atoms with Gasteiger partial charge >= 0.3 is 5.97 Å². The molecule has 0 spiro atoms. The van der Waals surface area contributed by atoms with Gasteiger partial charge in [0.25, 0.3) is 0 Å². The molecule has 0 saturated heterocycles. The molecule has 0 radical (unpaired) electrons. The summed E-state index contributed by atoms with van der Waals surface area (Å²) < 4.78 is 5.45. The van der Waals surface area contributed by atoms with E-state index in [0.717, 1.165) is 50.9 Å². The Morgan fingerprint density at radius 1 is 0.963 bits per heavy atom. The molecular formula is C22H35NO4. The van der Waals surface area contributed by atoms with Gasteiger partial charge in [-0.1, -0.05) is 69.4 Å². The van der Waals surface area contributed by atoms with Crippen molar-refractivity contribution in [3.8, 4) is 0 Å². The van der Waals surface area contributed by atoms with Crippen LogP contribution in [0, 0.1) is 0 Å². The molecule has 0 unspecified atom stereocenters. The first kappa shape index (κ1) is 23.2. The van der Waals surface area contributed by atoms with Crippen molar-refractivity contribution in [2.24, 2.45) is 0 Å². The summed E-state index contributed by atoms with van der Waals surface area (Å²) in [6, 6.07) is 8.51. The standard InChI is InChI=1S/C22H35NO4/c1-2-16-27-17-12-7-5-3-4-6-11-15-21(24)23-20(22(25)26)18-19-13-9-8-10-14-19/h8-10,13-14,20H,2-7,11-12,15-18H2,1H3,(H,23,24)(H,25,26)/t20-/m0/s1. The van der Waals surface area contributed by atoms with Gasteiger partial charge in [0.2, 0.25) is 5.91 Å². The molecular weight excluding hydrogens is 342 g/mol. The number of unbranched alkanes of at least 4 members (excludes halogenated alkanes) is 6. The van der Waals surface area contributed by atoms with Crippen molar-refractivity contribution in [3.63, 3.8) is 0 Å². The third-order valence-electron chi connectivity index (χ3n) is 4.46. The molecule has 27 heavy (non-hydrogen) atoms. The number of aliphatic carboxylic acids is 1. The lowest BCUT2D eigenvalue weighted by Crippen LogP contribution is -2.42. The zero-order valence-corrected chi connectivity index (χ0v) is 16.6. The number of ether oxygens (including phenoxy) is 1. The summed E-state index contributed by atoms with van der Waals surface area (Å²) in [6.45, 7) is 3.84. The normalized spacial score (nSPS) is 11.9. The number of carboxylic acid groups (broad SMARTS) is 1. The van der Waals surface area contributed by atoms with Crippen LogP contribution < -0.4 is 5.32 Å². The van der Waals surface area contributed by atoms with Crippen LogP contribution in [0.2, 0.25) is 0 Å². The Bertz CT molecular complexity index is 518. The first-order chi connectivity index (χ1) is 13.1. The Balaban J connectivity index is 2.07. The average molecular weight is 378 g/mol. The monoisotopic (exact) mass is 377 g/mol. The van der Waals surface area contributed by atoms with E-state index in [-0.39, 0.29) is 5.91 Å². The van der Waals surface area contributed by atoms with E-state index in [1.165, 1.54) is 19.3 Å². The first-order valence-corrected chi connectivity index (χ1v) is 10.3. The van der Waals surface area contributed by atoms with Crippen LogP contribution in [0.5, 0.6) is 0 Å². The van der Waals surface area contributed by atoms with Crippen LogP contribution >= 0.6 is 0 Å². The van der Waals surface area contributed by atoms with E-state index in [1.54, 1.807) is 0 Å². The predicted octanol–water partition coefficient (Wildman–Crippen LogP) is 4.35. The minimum Gasteiger partial charge on any atom is -0.480 e. The van der Waals surface area contributed by atoms with E-state index in [0.29, 0.717) is 12.8 Å². The molecule has 152 valence electrons. The second-order valence-electron chi connectivity index (χ2n) is 6.99. The van der Waals surface area contributed by atoms with Crippen molar-refractivity contribution in [2.75, 3.05) is 13.2 Å². The molecule has 5 heteroatoms. The number of carbonyl (C=O) groups is 2. The third kappa shape index (κ3) is 12.2. The maximum atomic E-state index is 12.0. The van der Waals surface area contributed by atoms with Crippen LogP contribution in [0.15, 0.2) is 30.3 Å². The lowest BCUT2D eigenvalue weighted by Gasteiger charge is -2.14. The van der Waals surface area contributed by atoms with Crippen molar-refractivity contribution < 1.29 is 19.4 Å². The fraction of sp³-hybridized carbons (Fsp3) is 0.636. The molecule has 0 aliphatic rings. The minimum atomic E-state index is -0.991. The van der Waals surface area contributed by atoms with Gasteiger partial charge in [0, 0.05) is 26.1 Å². The van der Waals surface area contributed by atoms with Crippen molar-refractivity contribution in [3.05, 3.63) is 35.9 Å². The van der Waals surface area contributed by atoms with Gasteiger partial charge in [-0.15, -0.1) is 0 Å². The highest BCUT2D eigenvalue weighted by Gasteiger charge is 2.19. The van der Waals surface area contributed by atoms with Gasteiger partial charge in [0.15, 0.2) is 0 Å². The largest absolute Gasteiger partial charge is 0.480 e. The van der Waals surface area contributed by atoms with E-state index < -0.39 is 12.0 Å². The number of amides is 1. The molecule has 1 aromatic carbocycles. The van der Waals surface area contributed by atoms with Crippen molar-refractivity contribution >= 4 is 11.9 Å². The van der Waals surface area contributed by atoms with Gasteiger partial charge in [-0.05, 0) is 24.8 Å². The lowest BCUT2D eigenvalue weighted by molar-refractivity contribution is -0.141. The number of hydrogen-bond acceptors (Lipinski definition) is 3. The molecule has 1 aromatic rings. The summed E-state index contributed by atoms with van der Waals surface area (Å²) in [4.78, 5) is 23.4. The van der Waals surface area contributed by atoms with Gasteiger partial charge in [-0.2, -0.15) is 0 Å². The lowest BCUT2D eigenvalue weighted by atomic mass is 10.1. The van der Waals surface area contributed by atoms with E-state index >= 15 is 0 Å². The van der Waals surface area contributed by atoms with Gasteiger partial charge < -0.3 is 15.2 Å². The van der Waals surface area contributed by atoms with Crippen LogP contribution in [-0.4, -0.2) is 36.2 Å². The molecule has 0 aliphatic heterocycles. The maximum absolute atomic E-state index is 12.0. The molecule has 1 atom stereocenters. The quantitative estimate of drug-likeness (QED) is 0.420. The number of benzene rings is 1. The Morgan fingerprint density at radius 3 is 2.22 bits per heavy atom. The van der Waals surface area contributed by atoms with E-state index in [9.17, 15) is 14.7 Å². The number of nitrogens with one attached hydrogen (secondary N) is 1. The van der Waals surface area contributed by atoms with Crippen LogP contribution in [0.3, 0.4) is 0 Å². The topological polar surface area (TPSA) is 75.6 Å². The Kier molecular flexibility index (Phi) is 13.0. The van der Waals surface area contributed by atoms with Crippen LogP contribution in [0.1, 0.15) is 70.3 Å². The summed E-state index contributed by atoms with van der Waals surface area (Å²) in [5, 5.41) is 12.0. The molecule has 0 fully saturated rings. The minimum absolute atomic E-state index is 0.175. The SMILES string of the molecule is CCCOCCCCCCCCCC(=O)N[C@@H](Cc1ccccc1)C(=O)O. The summed E-state index contributed by atoms with van der Waals surface area (Å²) in [7, 11) is 0. The number of hydrogen-bond donors (Lipinski definition) is 2. The van der Waals surface area contributed by atoms with Crippen LogP contribution in [-0.2, 0) is 20.7 Å². The predicted molar refractivity (Wildman–Crippen MR) is 108 cm³/mol. The molecule has 5 nitrogen and oxygen atoms in total. The molecule has 1 rings (SSSR count). The molecule has 0 heterocycles. The summed E-state index contributed by atoms with van der Waals surface area (Å²) in [5.74, 6) is -1.17. The number of rotatable bonds is 16.